The number of sulfone groups is 1. The number of rotatable bonds is 9. The van der Waals surface area contributed by atoms with Crippen molar-refractivity contribution in [3.63, 3.8) is 0 Å². The van der Waals surface area contributed by atoms with Crippen LogP contribution in [0, 0.1) is 0 Å². The molecule has 0 aliphatic rings. The van der Waals surface area contributed by atoms with Gasteiger partial charge in [-0.15, -0.1) is 0 Å². The molecular weight excluding hydrogens is 386 g/mol. The van der Waals surface area contributed by atoms with Gasteiger partial charge in [0.25, 0.3) is 0 Å². The SMILES string of the molecule is CC(C(=O)NCCc1ccccc1)S(=O)(=O)Cc1nccn1Cc1ccccc1. The molecule has 152 valence electrons. The van der Waals surface area contributed by atoms with Crippen molar-refractivity contribution in [2.75, 3.05) is 6.54 Å². The predicted octanol–water partition coefficient (Wildman–Crippen LogP) is 2.59. The third kappa shape index (κ3) is 5.77. The Kier molecular flexibility index (Phi) is 6.82. The third-order valence-corrected chi connectivity index (χ3v) is 6.74. The lowest BCUT2D eigenvalue weighted by Crippen LogP contribution is -2.39. The first-order chi connectivity index (χ1) is 14.0. The maximum absolute atomic E-state index is 12.8. The van der Waals surface area contributed by atoms with Crippen molar-refractivity contribution in [2.45, 2.75) is 30.9 Å². The summed E-state index contributed by atoms with van der Waals surface area (Å²) in [6.45, 7) is 2.35. The second kappa shape index (κ2) is 9.52. The summed E-state index contributed by atoms with van der Waals surface area (Å²) in [6, 6.07) is 19.5. The zero-order valence-corrected chi connectivity index (χ0v) is 17.2. The Morgan fingerprint density at radius 1 is 1.03 bits per heavy atom. The summed E-state index contributed by atoms with van der Waals surface area (Å²) in [5.41, 5.74) is 2.14. The topological polar surface area (TPSA) is 81.1 Å². The summed E-state index contributed by atoms with van der Waals surface area (Å²) in [4.78, 5) is 16.6. The molecule has 1 heterocycles. The van der Waals surface area contributed by atoms with E-state index in [0.717, 1.165) is 11.1 Å². The number of nitrogens with one attached hydrogen (secondary N) is 1. The molecule has 1 atom stereocenters. The molecular formula is C22H25N3O3S. The van der Waals surface area contributed by atoms with E-state index in [1.165, 1.54) is 6.92 Å². The second-order valence-electron chi connectivity index (χ2n) is 6.93. The second-order valence-corrected chi connectivity index (χ2v) is 9.25. The van der Waals surface area contributed by atoms with Gasteiger partial charge >= 0.3 is 0 Å². The molecule has 1 aromatic heterocycles. The predicted molar refractivity (Wildman–Crippen MR) is 113 cm³/mol. The number of imidazole rings is 1. The smallest absolute Gasteiger partial charge is 0.238 e. The Labute approximate surface area is 171 Å². The molecule has 0 saturated heterocycles. The van der Waals surface area contributed by atoms with Crippen molar-refractivity contribution < 1.29 is 13.2 Å². The number of carbonyl (C=O) groups excluding carboxylic acids is 1. The van der Waals surface area contributed by atoms with E-state index in [1.807, 2.05) is 60.7 Å². The van der Waals surface area contributed by atoms with Gasteiger partial charge in [0.1, 0.15) is 16.8 Å². The van der Waals surface area contributed by atoms with Gasteiger partial charge in [-0.05, 0) is 24.5 Å². The van der Waals surface area contributed by atoms with Crippen molar-refractivity contribution in [2.24, 2.45) is 0 Å². The minimum atomic E-state index is -3.69. The zero-order chi connectivity index (χ0) is 20.7. The molecule has 0 spiro atoms. The fraction of sp³-hybridized carbons (Fsp3) is 0.273. The average Bonchev–Trinajstić information content (AvgIpc) is 3.14. The van der Waals surface area contributed by atoms with Gasteiger partial charge in [0, 0.05) is 25.5 Å². The fourth-order valence-electron chi connectivity index (χ4n) is 2.99. The minimum absolute atomic E-state index is 0.278. The van der Waals surface area contributed by atoms with Gasteiger partial charge in [0.2, 0.25) is 5.91 Å². The van der Waals surface area contributed by atoms with E-state index in [-0.39, 0.29) is 5.75 Å². The summed E-state index contributed by atoms with van der Waals surface area (Å²) < 4.78 is 27.3. The molecule has 0 radical (unpaired) electrons. The van der Waals surface area contributed by atoms with Gasteiger partial charge in [0.05, 0.1) is 0 Å². The number of amides is 1. The lowest BCUT2D eigenvalue weighted by Gasteiger charge is -2.14. The molecule has 0 aliphatic heterocycles. The Morgan fingerprint density at radius 3 is 2.31 bits per heavy atom. The lowest BCUT2D eigenvalue weighted by atomic mass is 10.1. The fourth-order valence-corrected chi connectivity index (χ4v) is 4.25. The van der Waals surface area contributed by atoms with Crippen LogP contribution in [0.15, 0.2) is 73.1 Å². The van der Waals surface area contributed by atoms with Gasteiger partial charge in [0.15, 0.2) is 9.84 Å². The maximum Gasteiger partial charge on any atom is 0.238 e. The van der Waals surface area contributed by atoms with Crippen LogP contribution in [0.4, 0.5) is 0 Å². The molecule has 6 nitrogen and oxygen atoms in total. The molecule has 7 heteroatoms. The van der Waals surface area contributed by atoms with Crippen molar-refractivity contribution in [3.05, 3.63) is 90.0 Å². The number of carbonyl (C=O) groups is 1. The number of hydrogen-bond donors (Lipinski definition) is 1. The molecule has 1 unspecified atom stereocenters. The third-order valence-electron chi connectivity index (χ3n) is 4.79. The molecule has 29 heavy (non-hydrogen) atoms. The minimum Gasteiger partial charge on any atom is -0.355 e. The van der Waals surface area contributed by atoms with Gasteiger partial charge in [-0.25, -0.2) is 13.4 Å². The highest BCUT2D eigenvalue weighted by atomic mass is 32.2. The van der Waals surface area contributed by atoms with E-state index >= 15 is 0 Å². The van der Waals surface area contributed by atoms with Crippen LogP contribution in [-0.4, -0.2) is 35.7 Å². The van der Waals surface area contributed by atoms with Crippen LogP contribution in [0.2, 0.25) is 0 Å². The molecule has 3 aromatic rings. The van der Waals surface area contributed by atoms with Gasteiger partial charge < -0.3 is 9.88 Å². The van der Waals surface area contributed by atoms with Crippen molar-refractivity contribution in [1.82, 2.24) is 14.9 Å². The number of aromatic nitrogens is 2. The van der Waals surface area contributed by atoms with Crippen LogP contribution in [0.5, 0.6) is 0 Å². The molecule has 0 saturated carbocycles. The average molecular weight is 412 g/mol. The summed E-state index contributed by atoms with van der Waals surface area (Å²) in [5, 5.41) is 1.59. The van der Waals surface area contributed by atoms with Gasteiger partial charge in [-0.1, -0.05) is 60.7 Å². The van der Waals surface area contributed by atoms with Crippen LogP contribution >= 0.6 is 0 Å². The zero-order valence-electron chi connectivity index (χ0n) is 16.4. The van der Waals surface area contributed by atoms with Gasteiger partial charge in [-0.2, -0.15) is 0 Å². The normalized spacial score (nSPS) is 12.4. The molecule has 3 rings (SSSR count). The Hall–Kier alpha value is -2.93. The molecule has 2 aromatic carbocycles. The lowest BCUT2D eigenvalue weighted by molar-refractivity contribution is -0.120. The maximum atomic E-state index is 12.8. The van der Waals surface area contributed by atoms with E-state index in [2.05, 4.69) is 10.3 Å². The Bertz CT molecular complexity index is 1030. The first-order valence-corrected chi connectivity index (χ1v) is 11.2. The van der Waals surface area contributed by atoms with Crippen LogP contribution in [0.25, 0.3) is 0 Å². The van der Waals surface area contributed by atoms with Crippen molar-refractivity contribution >= 4 is 15.7 Å². The Morgan fingerprint density at radius 2 is 1.66 bits per heavy atom. The Balaban J connectivity index is 1.59. The molecule has 1 amide bonds. The summed E-state index contributed by atoms with van der Waals surface area (Å²) in [6.07, 6.45) is 3.99. The van der Waals surface area contributed by atoms with E-state index in [9.17, 15) is 13.2 Å². The highest BCUT2D eigenvalue weighted by Crippen LogP contribution is 2.13. The first-order valence-electron chi connectivity index (χ1n) is 9.53. The summed E-state index contributed by atoms with van der Waals surface area (Å²) in [7, 11) is -3.69. The quantitative estimate of drug-likeness (QED) is 0.587. The summed E-state index contributed by atoms with van der Waals surface area (Å²) >= 11 is 0. The molecule has 1 N–H and O–H groups in total. The van der Waals surface area contributed by atoms with Crippen LogP contribution in [-0.2, 0) is 33.4 Å². The summed E-state index contributed by atoms with van der Waals surface area (Å²) in [5.74, 6) is -0.333. The van der Waals surface area contributed by atoms with E-state index < -0.39 is 21.0 Å². The standard InChI is InChI=1S/C22H25N3O3S/c1-18(22(26)24-13-12-19-8-4-2-5-9-19)29(27,28)17-21-23-14-15-25(21)16-20-10-6-3-7-11-20/h2-11,14-15,18H,12-13,16-17H2,1H3,(H,24,26). The highest BCUT2D eigenvalue weighted by Gasteiger charge is 2.29. The highest BCUT2D eigenvalue weighted by molar-refractivity contribution is 7.92. The number of nitrogens with zero attached hydrogens (tertiary/aromatic N) is 2. The van der Waals surface area contributed by atoms with E-state index in [4.69, 9.17) is 0 Å². The van der Waals surface area contributed by atoms with Crippen molar-refractivity contribution in [3.8, 4) is 0 Å². The monoisotopic (exact) mass is 411 g/mol. The van der Waals surface area contributed by atoms with E-state index in [1.54, 1.807) is 17.0 Å². The molecule has 0 fully saturated rings. The van der Waals surface area contributed by atoms with Crippen LogP contribution in [0.1, 0.15) is 23.9 Å². The van der Waals surface area contributed by atoms with Crippen LogP contribution in [0.3, 0.4) is 0 Å². The van der Waals surface area contributed by atoms with Crippen LogP contribution < -0.4 is 5.32 Å². The van der Waals surface area contributed by atoms with Crippen molar-refractivity contribution in [1.29, 1.82) is 0 Å². The first kappa shape index (κ1) is 20.8. The molecule has 0 aliphatic carbocycles. The van der Waals surface area contributed by atoms with Gasteiger partial charge in [-0.3, -0.25) is 4.79 Å². The van der Waals surface area contributed by atoms with E-state index in [0.29, 0.717) is 25.3 Å². The largest absolute Gasteiger partial charge is 0.355 e. The number of benzene rings is 2. The molecule has 0 bridgehead atoms. The number of hydrogen-bond acceptors (Lipinski definition) is 4.